The lowest BCUT2D eigenvalue weighted by atomic mass is 10.1. The Hall–Kier alpha value is -3.88. The molecule has 0 fully saturated rings. The summed E-state index contributed by atoms with van der Waals surface area (Å²) >= 11 is 0. The molecule has 0 spiro atoms. The van der Waals surface area contributed by atoms with Crippen LogP contribution in [0.2, 0.25) is 0 Å². The molecule has 28 heavy (non-hydrogen) atoms. The summed E-state index contributed by atoms with van der Waals surface area (Å²) in [6.45, 7) is 2.58. The van der Waals surface area contributed by atoms with E-state index >= 15 is 0 Å². The SMILES string of the molecule is Cc1ccccc1-n1nc(CC(N)=O)nc1-c1ccc(Cn2cnnn2)cc1. The minimum Gasteiger partial charge on any atom is -0.369 e. The molecule has 0 bridgehead atoms. The lowest BCUT2D eigenvalue weighted by Crippen LogP contribution is -2.14. The van der Waals surface area contributed by atoms with Crippen LogP contribution in [0.25, 0.3) is 17.1 Å². The second-order valence-corrected chi connectivity index (χ2v) is 6.40. The summed E-state index contributed by atoms with van der Waals surface area (Å²) in [6.07, 6.45) is 1.56. The van der Waals surface area contributed by atoms with Gasteiger partial charge in [-0.1, -0.05) is 42.5 Å². The number of primary amides is 1. The highest BCUT2D eigenvalue weighted by Crippen LogP contribution is 2.24. The molecule has 0 unspecified atom stereocenters. The fourth-order valence-corrected chi connectivity index (χ4v) is 2.94. The Morgan fingerprint density at radius 3 is 2.57 bits per heavy atom. The number of amides is 1. The van der Waals surface area contributed by atoms with Crippen molar-refractivity contribution in [2.24, 2.45) is 5.73 Å². The van der Waals surface area contributed by atoms with Gasteiger partial charge in [0.05, 0.1) is 18.7 Å². The fraction of sp³-hybridized carbons (Fsp3) is 0.158. The van der Waals surface area contributed by atoms with Crippen LogP contribution in [-0.4, -0.2) is 40.9 Å². The monoisotopic (exact) mass is 374 g/mol. The molecule has 1 amide bonds. The molecule has 9 nitrogen and oxygen atoms in total. The molecule has 0 saturated heterocycles. The van der Waals surface area contributed by atoms with E-state index in [9.17, 15) is 4.79 Å². The predicted octanol–water partition coefficient (Wildman–Crippen LogP) is 1.31. The number of hydrogen-bond donors (Lipinski definition) is 1. The van der Waals surface area contributed by atoms with Gasteiger partial charge in [0.1, 0.15) is 6.33 Å². The molecular formula is C19H18N8O. The average molecular weight is 374 g/mol. The van der Waals surface area contributed by atoms with Crippen LogP contribution in [0.1, 0.15) is 17.0 Å². The third-order valence-electron chi connectivity index (χ3n) is 4.28. The van der Waals surface area contributed by atoms with E-state index in [-0.39, 0.29) is 6.42 Å². The number of hydrogen-bond acceptors (Lipinski definition) is 6. The molecule has 0 atom stereocenters. The van der Waals surface area contributed by atoms with Gasteiger partial charge in [0, 0.05) is 5.56 Å². The van der Waals surface area contributed by atoms with Gasteiger partial charge in [-0.15, -0.1) is 5.10 Å². The molecule has 140 valence electrons. The third-order valence-corrected chi connectivity index (χ3v) is 4.28. The van der Waals surface area contributed by atoms with Gasteiger partial charge in [-0.05, 0) is 34.5 Å². The summed E-state index contributed by atoms with van der Waals surface area (Å²) in [5, 5.41) is 15.7. The van der Waals surface area contributed by atoms with Crippen LogP contribution in [0.5, 0.6) is 0 Å². The number of para-hydroxylation sites is 1. The van der Waals surface area contributed by atoms with Crippen molar-refractivity contribution in [3.05, 3.63) is 71.8 Å². The number of nitrogens with two attached hydrogens (primary N) is 1. The maximum absolute atomic E-state index is 11.3. The minimum atomic E-state index is -0.467. The molecule has 2 aromatic carbocycles. The lowest BCUT2D eigenvalue weighted by molar-refractivity contribution is -0.117. The number of aryl methyl sites for hydroxylation is 1. The fourth-order valence-electron chi connectivity index (χ4n) is 2.94. The number of tetrazole rings is 1. The van der Waals surface area contributed by atoms with Crippen molar-refractivity contribution in [2.75, 3.05) is 0 Å². The van der Waals surface area contributed by atoms with Crippen molar-refractivity contribution in [2.45, 2.75) is 19.9 Å². The van der Waals surface area contributed by atoms with Gasteiger partial charge in [-0.3, -0.25) is 4.79 Å². The van der Waals surface area contributed by atoms with Crippen LogP contribution in [0, 0.1) is 6.92 Å². The van der Waals surface area contributed by atoms with Crippen molar-refractivity contribution in [3.63, 3.8) is 0 Å². The summed E-state index contributed by atoms with van der Waals surface area (Å²) in [7, 11) is 0. The number of benzene rings is 2. The molecule has 0 saturated carbocycles. The van der Waals surface area contributed by atoms with Crippen LogP contribution < -0.4 is 5.73 Å². The Balaban J connectivity index is 1.72. The molecule has 0 radical (unpaired) electrons. The van der Waals surface area contributed by atoms with Crippen molar-refractivity contribution < 1.29 is 4.79 Å². The van der Waals surface area contributed by atoms with Crippen molar-refractivity contribution in [3.8, 4) is 17.1 Å². The molecule has 0 aliphatic rings. The standard InChI is InChI=1S/C19H18N8O/c1-13-4-2-3-5-16(13)27-19(22-18(23-27)10-17(20)28)15-8-6-14(7-9-15)11-26-12-21-24-25-26/h2-9,12H,10-11H2,1H3,(H2,20,28). The van der Waals surface area contributed by atoms with Crippen molar-refractivity contribution in [1.82, 2.24) is 35.0 Å². The first-order chi connectivity index (χ1) is 13.6. The molecule has 0 aliphatic carbocycles. The average Bonchev–Trinajstić information content (AvgIpc) is 3.32. The summed E-state index contributed by atoms with van der Waals surface area (Å²) in [4.78, 5) is 15.9. The van der Waals surface area contributed by atoms with Crippen LogP contribution in [-0.2, 0) is 17.8 Å². The van der Waals surface area contributed by atoms with Crippen molar-refractivity contribution >= 4 is 5.91 Å². The Morgan fingerprint density at radius 1 is 1.11 bits per heavy atom. The van der Waals surface area contributed by atoms with Gasteiger partial charge in [-0.25, -0.2) is 14.3 Å². The Bertz CT molecular complexity index is 1100. The van der Waals surface area contributed by atoms with Crippen LogP contribution in [0.3, 0.4) is 0 Å². The van der Waals surface area contributed by atoms with E-state index < -0.39 is 5.91 Å². The highest BCUT2D eigenvalue weighted by molar-refractivity contribution is 5.76. The van der Waals surface area contributed by atoms with E-state index in [0.717, 1.165) is 22.4 Å². The summed E-state index contributed by atoms with van der Waals surface area (Å²) < 4.78 is 3.40. The first-order valence-corrected chi connectivity index (χ1v) is 8.70. The van der Waals surface area contributed by atoms with Crippen LogP contribution >= 0.6 is 0 Å². The second-order valence-electron chi connectivity index (χ2n) is 6.40. The highest BCUT2D eigenvalue weighted by atomic mass is 16.1. The number of aromatic nitrogens is 7. The van der Waals surface area contributed by atoms with Gasteiger partial charge >= 0.3 is 0 Å². The van der Waals surface area contributed by atoms with E-state index in [1.165, 1.54) is 0 Å². The quantitative estimate of drug-likeness (QED) is 0.544. The van der Waals surface area contributed by atoms with E-state index in [2.05, 4.69) is 25.6 Å². The predicted molar refractivity (Wildman–Crippen MR) is 101 cm³/mol. The number of nitrogens with zero attached hydrogens (tertiary/aromatic N) is 7. The maximum Gasteiger partial charge on any atom is 0.225 e. The van der Waals surface area contributed by atoms with Crippen LogP contribution in [0.15, 0.2) is 54.9 Å². The Kier molecular flexibility index (Phi) is 4.63. The lowest BCUT2D eigenvalue weighted by Gasteiger charge is -2.09. The minimum absolute atomic E-state index is 0.0107. The molecule has 4 rings (SSSR count). The van der Waals surface area contributed by atoms with Crippen LogP contribution in [0.4, 0.5) is 0 Å². The first-order valence-electron chi connectivity index (χ1n) is 8.70. The van der Waals surface area contributed by atoms with Gasteiger partial charge < -0.3 is 5.73 Å². The molecule has 4 aromatic rings. The summed E-state index contributed by atoms with van der Waals surface area (Å²) in [5.74, 6) is 0.577. The Morgan fingerprint density at radius 2 is 1.89 bits per heavy atom. The zero-order valence-corrected chi connectivity index (χ0v) is 15.2. The van der Waals surface area contributed by atoms with E-state index in [0.29, 0.717) is 18.2 Å². The molecule has 2 N–H and O–H groups in total. The van der Waals surface area contributed by atoms with E-state index in [1.807, 2.05) is 55.5 Å². The van der Waals surface area contributed by atoms with E-state index in [1.54, 1.807) is 15.7 Å². The zero-order valence-electron chi connectivity index (χ0n) is 15.2. The highest BCUT2D eigenvalue weighted by Gasteiger charge is 2.16. The maximum atomic E-state index is 11.3. The largest absolute Gasteiger partial charge is 0.369 e. The second kappa shape index (κ2) is 7.39. The molecular weight excluding hydrogens is 356 g/mol. The molecule has 9 heteroatoms. The number of carbonyl (C=O) groups is 1. The summed E-state index contributed by atoms with van der Waals surface area (Å²) in [6, 6.07) is 15.8. The van der Waals surface area contributed by atoms with Crippen molar-refractivity contribution in [1.29, 1.82) is 0 Å². The molecule has 2 aromatic heterocycles. The number of carbonyl (C=O) groups excluding carboxylic acids is 1. The summed E-state index contributed by atoms with van der Waals surface area (Å²) in [5.41, 5.74) is 9.21. The van der Waals surface area contributed by atoms with Gasteiger partial charge in [0.25, 0.3) is 0 Å². The van der Waals surface area contributed by atoms with E-state index in [4.69, 9.17) is 5.73 Å². The Labute approximate surface area is 160 Å². The third kappa shape index (κ3) is 3.63. The van der Waals surface area contributed by atoms with Gasteiger partial charge in [0.2, 0.25) is 5.91 Å². The number of rotatable bonds is 6. The smallest absolute Gasteiger partial charge is 0.225 e. The zero-order chi connectivity index (χ0) is 19.5. The first kappa shape index (κ1) is 17.5. The molecule has 2 heterocycles. The topological polar surface area (TPSA) is 117 Å². The van der Waals surface area contributed by atoms with Gasteiger partial charge in [-0.2, -0.15) is 5.10 Å². The van der Waals surface area contributed by atoms with Gasteiger partial charge in [0.15, 0.2) is 11.6 Å². The normalized spacial score (nSPS) is 10.9. The molecule has 0 aliphatic heterocycles.